The van der Waals surface area contributed by atoms with Gasteiger partial charge in [0.2, 0.25) is 0 Å². The maximum absolute atomic E-state index is 5.29. The van der Waals surface area contributed by atoms with Gasteiger partial charge in [-0.1, -0.05) is 6.07 Å². The van der Waals surface area contributed by atoms with E-state index in [0.717, 1.165) is 30.1 Å². The highest BCUT2D eigenvalue weighted by molar-refractivity contribution is 7.80. The number of hydrogen-bond donors (Lipinski definition) is 2. The van der Waals surface area contributed by atoms with Crippen molar-refractivity contribution < 1.29 is 4.74 Å². The van der Waals surface area contributed by atoms with Crippen molar-refractivity contribution in [2.75, 3.05) is 39.6 Å². The van der Waals surface area contributed by atoms with Crippen LogP contribution in [0.5, 0.6) is 5.75 Å². The summed E-state index contributed by atoms with van der Waals surface area (Å²) in [5.41, 5.74) is 2.05. The molecule has 0 aliphatic rings. The minimum atomic E-state index is 0.612. The number of nitrogens with one attached hydrogen (secondary N) is 2. The van der Waals surface area contributed by atoms with Crippen LogP contribution >= 0.6 is 12.2 Å². The van der Waals surface area contributed by atoms with E-state index in [2.05, 4.69) is 15.5 Å². The molecule has 0 aliphatic heterocycles. The van der Waals surface area contributed by atoms with Crippen LogP contribution in [-0.2, 0) is 0 Å². The van der Waals surface area contributed by atoms with E-state index in [9.17, 15) is 0 Å². The summed E-state index contributed by atoms with van der Waals surface area (Å²) in [5, 5.41) is 6.92. The quantitative estimate of drug-likeness (QED) is 0.796. The van der Waals surface area contributed by atoms with Gasteiger partial charge in [-0.25, -0.2) is 0 Å². The van der Waals surface area contributed by atoms with E-state index >= 15 is 0 Å². The van der Waals surface area contributed by atoms with Crippen molar-refractivity contribution in [3.8, 4) is 5.75 Å². The lowest BCUT2D eigenvalue weighted by atomic mass is 10.2. The summed E-state index contributed by atoms with van der Waals surface area (Å²) < 4.78 is 5.29. The van der Waals surface area contributed by atoms with Crippen molar-refractivity contribution in [1.29, 1.82) is 0 Å². The van der Waals surface area contributed by atoms with Crippen LogP contribution in [0.15, 0.2) is 18.2 Å². The molecule has 0 fully saturated rings. The average molecular weight is 267 g/mol. The highest BCUT2D eigenvalue weighted by atomic mass is 32.1. The first kappa shape index (κ1) is 14.7. The first-order chi connectivity index (χ1) is 8.52. The largest absolute Gasteiger partial charge is 0.495 e. The molecule has 0 amide bonds. The van der Waals surface area contributed by atoms with Gasteiger partial charge < -0.3 is 20.3 Å². The molecule has 0 heterocycles. The van der Waals surface area contributed by atoms with E-state index in [4.69, 9.17) is 17.0 Å². The Balaban J connectivity index is 2.55. The number of thiocarbonyl (C=S) groups is 1. The molecule has 4 nitrogen and oxygen atoms in total. The van der Waals surface area contributed by atoms with Crippen molar-refractivity contribution in [3.05, 3.63) is 23.8 Å². The summed E-state index contributed by atoms with van der Waals surface area (Å²) in [6.45, 7) is 3.78. The maximum atomic E-state index is 5.29. The number of rotatable bonds is 5. The van der Waals surface area contributed by atoms with Crippen LogP contribution in [0.4, 0.5) is 5.69 Å². The Labute approximate surface area is 114 Å². The van der Waals surface area contributed by atoms with E-state index in [1.54, 1.807) is 7.11 Å². The third-order valence-electron chi connectivity index (χ3n) is 2.45. The lowest BCUT2D eigenvalue weighted by Gasteiger charge is -2.15. The van der Waals surface area contributed by atoms with E-state index in [1.807, 2.05) is 39.2 Å². The average Bonchev–Trinajstić information content (AvgIpc) is 2.28. The SMILES string of the molecule is COc1ccc(C)cc1NC(=S)NCCN(C)C. The molecule has 0 saturated heterocycles. The minimum Gasteiger partial charge on any atom is -0.495 e. The third kappa shape index (κ3) is 4.89. The van der Waals surface area contributed by atoms with Gasteiger partial charge in [0.15, 0.2) is 5.11 Å². The number of aryl methyl sites for hydroxylation is 1. The van der Waals surface area contributed by atoms with Crippen LogP contribution in [-0.4, -0.2) is 44.3 Å². The topological polar surface area (TPSA) is 36.5 Å². The second kappa shape index (κ2) is 7.18. The molecule has 0 saturated carbocycles. The van der Waals surface area contributed by atoms with Crippen molar-refractivity contribution in [2.24, 2.45) is 0 Å². The summed E-state index contributed by atoms with van der Waals surface area (Å²) in [7, 11) is 5.71. The minimum absolute atomic E-state index is 0.612. The summed E-state index contributed by atoms with van der Waals surface area (Å²) in [6, 6.07) is 5.95. The van der Waals surface area contributed by atoms with Crippen molar-refractivity contribution in [3.63, 3.8) is 0 Å². The van der Waals surface area contributed by atoms with Gasteiger partial charge in [0.05, 0.1) is 12.8 Å². The van der Waals surface area contributed by atoms with Gasteiger partial charge >= 0.3 is 0 Å². The Morgan fingerprint density at radius 2 is 2.11 bits per heavy atom. The Morgan fingerprint density at radius 3 is 2.72 bits per heavy atom. The monoisotopic (exact) mass is 267 g/mol. The van der Waals surface area contributed by atoms with Crippen LogP contribution < -0.4 is 15.4 Å². The molecule has 1 rings (SSSR count). The third-order valence-corrected chi connectivity index (χ3v) is 2.69. The van der Waals surface area contributed by atoms with Crippen molar-refractivity contribution >= 4 is 23.0 Å². The second-order valence-corrected chi connectivity index (χ2v) is 4.80. The van der Waals surface area contributed by atoms with E-state index in [-0.39, 0.29) is 0 Å². The summed E-state index contributed by atoms with van der Waals surface area (Å²) >= 11 is 5.24. The highest BCUT2D eigenvalue weighted by Gasteiger charge is 2.04. The molecular formula is C13H21N3OS. The molecule has 0 unspecified atom stereocenters. The van der Waals surface area contributed by atoms with Gasteiger partial charge in [0, 0.05) is 13.1 Å². The molecule has 0 radical (unpaired) electrons. The molecule has 1 aromatic carbocycles. The van der Waals surface area contributed by atoms with Crippen molar-refractivity contribution in [2.45, 2.75) is 6.92 Å². The summed E-state index contributed by atoms with van der Waals surface area (Å²) in [5.74, 6) is 0.789. The van der Waals surface area contributed by atoms with Crippen LogP contribution in [0.25, 0.3) is 0 Å². The van der Waals surface area contributed by atoms with Crippen LogP contribution in [0.2, 0.25) is 0 Å². The molecule has 2 N–H and O–H groups in total. The molecular weight excluding hydrogens is 246 g/mol. The zero-order chi connectivity index (χ0) is 13.5. The number of anilines is 1. The summed E-state index contributed by atoms with van der Waals surface area (Å²) in [6.07, 6.45) is 0. The molecule has 0 aliphatic carbocycles. The fourth-order valence-electron chi connectivity index (χ4n) is 1.48. The second-order valence-electron chi connectivity index (χ2n) is 4.39. The summed E-state index contributed by atoms with van der Waals surface area (Å²) in [4.78, 5) is 2.10. The molecule has 0 spiro atoms. The number of methoxy groups -OCH3 is 1. The van der Waals surface area contributed by atoms with Crippen LogP contribution in [0.1, 0.15) is 5.56 Å². The fraction of sp³-hybridized carbons (Fsp3) is 0.462. The maximum Gasteiger partial charge on any atom is 0.170 e. The van der Waals surface area contributed by atoms with Crippen LogP contribution in [0, 0.1) is 6.92 Å². The van der Waals surface area contributed by atoms with Crippen molar-refractivity contribution in [1.82, 2.24) is 10.2 Å². The lowest BCUT2D eigenvalue weighted by Crippen LogP contribution is -2.34. The Bertz CT molecular complexity index is 407. The predicted octanol–water partition coefficient (Wildman–Crippen LogP) is 1.85. The zero-order valence-electron chi connectivity index (χ0n) is 11.4. The fourth-order valence-corrected chi connectivity index (χ4v) is 1.69. The Morgan fingerprint density at radius 1 is 1.39 bits per heavy atom. The molecule has 18 heavy (non-hydrogen) atoms. The molecule has 5 heteroatoms. The number of benzene rings is 1. The number of nitrogens with zero attached hydrogens (tertiary/aromatic N) is 1. The molecule has 0 atom stereocenters. The number of likely N-dealkylation sites (N-methyl/N-ethyl adjacent to an activating group) is 1. The normalized spacial score (nSPS) is 10.3. The van der Waals surface area contributed by atoms with Crippen LogP contribution in [0.3, 0.4) is 0 Å². The first-order valence-corrected chi connectivity index (χ1v) is 6.28. The van der Waals surface area contributed by atoms with Gasteiger partial charge in [-0.15, -0.1) is 0 Å². The zero-order valence-corrected chi connectivity index (χ0v) is 12.2. The van der Waals surface area contributed by atoms with E-state index in [0.29, 0.717) is 5.11 Å². The van der Waals surface area contributed by atoms with Gasteiger partial charge in [-0.2, -0.15) is 0 Å². The van der Waals surface area contributed by atoms with E-state index < -0.39 is 0 Å². The predicted molar refractivity (Wildman–Crippen MR) is 80.5 cm³/mol. The molecule has 100 valence electrons. The standard InChI is InChI=1S/C13H21N3OS/c1-10-5-6-12(17-4)11(9-10)15-13(18)14-7-8-16(2)3/h5-6,9H,7-8H2,1-4H3,(H2,14,15,18). The van der Waals surface area contributed by atoms with Gasteiger partial charge in [-0.3, -0.25) is 0 Å². The first-order valence-electron chi connectivity index (χ1n) is 5.87. The highest BCUT2D eigenvalue weighted by Crippen LogP contribution is 2.24. The Kier molecular flexibility index (Phi) is 5.88. The molecule has 0 bridgehead atoms. The van der Waals surface area contributed by atoms with Gasteiger partial charge in [0.1, 0.15) is 5.75 Å². The smallest absolute Gasteiger partial charge is 0.170 e. The van der Waals surface area contributed by atoms with Gasteiger partial charge in [0.25, 0.3) is 0 Å². The molecule has 0 aromatic heterocycles. The number of ether oxygens (including phenoxy) is 1. The Hall–Kier alpha value is -1.33. The van der Waals surface area contributed by atoms with Gasteiger partial charge in [-0.05, 0) is 50.9 Å². The van der Waals surface area contributed by atoms with E-state index in [1.165, 1.54) is 0 Å². The lowest BCUT2D eigenvalue weighted by molar-refractivity contribution is 0.412. The number of hydrogen-bond acceptors (Lipinski definition) is 3. The molecule has 1 aromatic rings.